The van der Waals surface area contributed by atoms with Crippen LogP contribution in [-0.4, -0.2) is 10.9 Å². The molecule has 0 aliphatic heterocycles. The van der Waals surface area contributed by atoms with Crippen LogP contribution in [0.1, 0.15) is 15.9 Å². The number of aromatic nitrogens is 1. The second-order valence-electron chi connectivity index (χ2n) is 5.50. The lowest BCUT2D eigenvalue weighted by Crippen LogP contribution is -2.12. The van der Waals surface area contributed by atoms with Gasteiger partial charge in [-0.15, -0.1) is 0 Å². The van der Waals surface area contributed by atoms with Gasteiger partial charge in [0, 0.05) is 18.4 Å². The molecule has 0 radical (unpaired) electrons. The van der Waals surface area contributed by atoms with Crippen molar-refractivity contribution in [3.05, 3.63) is 88.6 Å². The van der Waals surface area contributed by atoms with E-state index in [9.17, 15) is 13.6 Å². The summed E-state index contributed by atoms with van der Waals surface area (Å²) >= 11 is 5.69. The number of hydrogen-bond donors (Lipinski definition) is 2. The van der Waals surface area contributed by atoms with E-state index in [4.69, 9.17) is 11.6 Å². The summed E-state index contributed by atoms with van der Waals surface area (Å²) in [6.45, 7) is 0.479. The number of anilines is 2. The summed E-state index contributed by atoms with van der Waals surface area (Å²) in [6, 6.07) is 13.3. The zero-order valence-corrected chi connectivity index (χ0v) is 14.2. The second kappa shape index (κ2) is 7.93. The fourth-order valence-electron chi connectivity index (χ4n) is 2.20. The number of nitrogens with zero attached hydrogens (tertiary/aromatic N) is 1. The van der Waals surface area contributed by atoms with Crippen molar-refractivity contribution in [2.75, 3.05) is 10.6 Å². The van der Waals surface area contributed by atoms with E-state index in [1.807, 2.05) is 0 Å². The maximum absolute atomic E-state index is 13.1. The molecule has 0 saturated carbocycles. The predicted octanol–water partition coefficient (Wildman–Crippen LogP) is 4.88. The Kier molecular flexibility index (Phi) is 5.43. The van der Waals surface area contributed by atoms with Gasteiger partial charge in [0.15, 0.2) is 0 Å². The maximum Gasteiger partial charge on any atom is 0.257 e. The van der Waals surface area contributed by atoms with Crippen LogP contribution in [0.5, 0.6) is 0 Å². The van der Waals surface area contributed by atoms with E-state index in [2.05, 4.69) is 15.6 Å². The van der Waals surface area contributed by atoms with Crippen molar-refractivity contribution in [2.45, 2.75) is 6.54 Å². The molecule has 0 aliphatic rings. The molecule has 0 aliphatic carbocycles. The molecule has 132 valence electrons. The van der Waals surface area contributed by atoms with Crippen molar-refractivity contribution in [3.8, 4) is 0 Å². The smallest absolute Gasteiger partial charge is 0.257 e. The number of pyridine rings is 1. The topological polar surface area (TPSA) is 54.0 Å². The number of nitrogens with one attached hydrogen (secondary N) is 2. The van der Waals surface area contributed by atoms with E-state index >= 15 is 0 Å². The lowest BCUT2D eigenvalue weighted by Gasteiger charge is -2.08. The number of amides is 1. The van der Waals surface area contributed by atoms with E-state index in [0.717, 1.165) is 5.56 Å². The lowest BCUT2D eigenvalue weighted by molar-refractivity contribution is 0.102. The minimum atomic E-state index is -0.553. The number of carbonyl (C=O) groups is 1. The van der Waals surface area contributed by atoms with Crippen LogP contribution in [0.4, 0.5) is 20.3 Å². The van der Waals surface area contributed by atoms with Gasteiger partial charge < -0.3 is 10.6 Å². The van der Waals surface area contributed by atoms with Gasteiger partial charge in [-0.2, -0.15) is 0 Å². The predicted molar refractivity (Wildman–Crippen MR) is 97.3 cm³/mol. The summed E-state index contributed by atoms with van der Waals surface area (Å²) in [6.07, 6.45) is 1.42. The van der Waals surface area contributed by atoms with Crippen molar-refractivity contribution >= 4 is 29.0 Å². The number of halogens is 3. The molecule has 1 amide bonds. The highest BCUT2D eigenvalue weighted by atomic mass is 35.5. The lowest BCUT2D eigenvalue weighted by atomic mass is 10.2. The van der Waals surface area contributed by atoms with Gasteiger partial charge in [0.05, 0.1) is 10.6 Å². The molecule has 0 unspecified atom stereocenters. The van der Waals surface area contributed by atoms with Crippen LogP contribution in [0.2, 0.25) is 5.02 Å². The quantitative estimate of drug-likeness (QED) is 0.670. The summed E-state index contributed by atoms with van der Waals surface area (Å²) in [5.41, 5.74) is 1.64. The van der Waals surface area contributed by atoms with E-state index in [-0.39, 0.29) is 16.7 Å². The molecule has 1 heterocycles. The van der Waals surface area contributed by atoms with Crippen LogP contribution in [0.25, 0.3) is 0 Å². The first-order chi connectivity index (χ1) is 12.5. The molecule has 4 nitrogen and oxygen atoms in total. The largest absolute Gasteiger partial charge is 0.366 e. The SMILES string of the molecule is O=C(Nc1ccc(F)c(Cl)c1)c1ccc(NCc2ccc(F)cc2)nc1. The van der Waals surface area contributed by atoms with Gasteiger partial charge in [-0.1, -0.05) is 23.7 Å². The summed E-state index contributed by atoms with van der Waals surface area (Å²) in [4.78, 5) is 16.4. The van der Waals surface area contributed by atoms with Crippen LogP contribution in [0, 0.1) is 11.6 Å². The molecule has 3 aromatic rings. The van der Waals surface area contributed by atoms with Crippen LogP contribution < -0.4 is 10.6 Å². The molecular formula is C19H14ClF2N3O. The average Bonchev–Trinajstić information content (AvgIpc) is 2.65. The van der Waals surface area contributed by atoms with Crippen molar-refractivity contribution in [3.63, 3.8) is 0 Å². The van der Waals surface area contributed by atoms with E-state index in [1.54, 1.807) is 24.3 Å². The molecule has 0 bridgehead atoms. The Morgan fingerprint density at radius 3 is 2.46 bits per heavy atom. The molecule has 1 aromatic heterocycles. The van der Waals surface area contributed by atoms with Crippen molar-refractivity contribution in [2.24, 2.45) is 0 Å². The highest BCUT2D eigenvalue weighted by molar-refractivity contribution is 6.31. The first-order valence-corrected chi connectivity index (χ1v) is 8.10. The average molecular weight is 374 g/mol. The second-order valence-corrected chi connectivity index (χ2v) is 5.90. The highest BCUT2D eigenvalue weighted by Gasteiger charge is 2.08. The molecule has 7 heteroatoms. The molecule has 0 atom stereocenters. The first kappa shape index (κ1) is 17.8. The van der Waals surface area contributed by atoms with Gasteiger partial charge in [0.25, 0.3) is 5.91 Å². The number of carbonyl (C=O) groups excluding carboxylic acids is 1. The van der Waals surface area contributed by atoms with E-state index in [1.165, 1.54) is 36.5 Å². The molecule has 2 N–H and O–H groups in total. The fourth-order valence-corrected chi connectivity index (χ4v) is 2.39. The number of benzene rings is 2. The molecule has 2 aromatic carbocycles. The third-order valence-corrected chi connectivity index (χ3v) is 3.88. The van der Waals surface area contributed by atoms with E-state index < -0.39 is 5.82 Å². The summed E-state index contributed by atoms with van der Waals surface area (Å²) in [7, 11) is 0. The Balaban J connectivity index is 1.60. The minimum absolute atomic E-state index is 0.0683. The van der Waals surface area contributed by atoms with Crippen LogP contribution in [-0.2, 0) is 6.54 Å². The number of rotatable bonds is 5. The molecule has 0 saturated heterocycles. The maximum atomic E-state index is 13.1. The van der Waals surface area contributed by atoms with Gasteiger partial charge in [-0.25, -0.2) is 13.8 Å². The normalized spacial score (nSPS) is 10.4. The van der Waals surface area contributed by atoms with Crippen LogP contribution >= 0.6 is 11.6 Å². The summed E-state index contributed by atoms with van der Waals surface area (Å²) in [5.74, 6) is -0.645. The summed E-state index contributed by atoms with van der Waals surface area (Å²) in [5, 5.41) is 5.64. The molecule has 0 fully saturated rings. The molecule has 0 spiro atoms. The zero-order valence-electron chi connectivity index (χ0n) is 13.5. The van der Waals surface area contributed by atoms with Gasteiger partial charge in [0.2, 0.25) is 0 Å². The van der Waals surface area contributed by atoms with Crippen molar-refractivity contribution in [1.29, 1.82) is 0 Å². The van der Waals surface area contributed by atoms with Gasteiger partial charge in [-0.3, -0.25) is 4.79 Å². The van der Waals surface area contributed by atoms with Gasteiger partial charge >= 0.3 is 0 Å². The van der Waals surface area contributed by atoms with Gasteiger partial charge in [-0.05, 0) is 48.0 Å². The summed E-state index contributed by atoms with van der Waals surface area (Å²) < 4.78 is 26.0. The molecular weight excluding hydrogens is 360 g/mol. The Hall–Kier alpha value is -2.99. The van der Waals surface area contributed by atoms with Crippen molar-refractivity contribution in [1.82, 2.24) is 4.98 Å². The number of hydrogen-bond acceptors (Lipinski definition) is 3. The Bertz CT molecular complexity index is 915. The third kappa shape index (κ3) is 4.55. The first-order valence-electron chi connectivity index (χ1n) is 7.72. The van der Waals surface area contributed by atoms with Crippen molar-refractivity contribution < 1.29 is 13.6 Å². The highest BCUT2D eigenvalue weighted by Crippen LogP contribution is 2.20. The molecule has 26 heavy (non-hydrogen) atoms. The minimum Gasteiger partial charge on any atom is -0.366 e. The fraction of sp³-hybridized carbons (Fsp3) is 0.0526. The Morgan fingerprint density at radius 2 is 1.81 bits per heavy atom. The van der Waals surface area contributed by atoms with Crippen LogP contribution in [0.15, 0.2) is 60.8 Å². The Labute approximate surface area is 153 Å². The standard InChI is InChI=1S/C19H14ClF2N3O/c20-16-9-15(6-7-17(16)22)25-19(26)13-3-8-18(24-11-13)23-10-12-1-4-14(21)5-2-12/h1-9,11H,10H2,(H,23,24)(H,25,26). The Morgan fingerprint density at radius 1 is 1.04 bits per heavy atom. The molecule has 3 rings (SSSR count). The monoisotopic (exact) mass is 373 g/mol. The third-order valence-electron chi connectivity index (χ3n) is 3.59. The van der Waals surface area contributed by atoms with Gasteiger partial charge in [0.1, 0.15) is 17.5 Å². The zero-order chi connectivity index (χ0) is 18.5. The van der Waals surface area contributed by atoms with E-state index in [0.29, 0.717) is 23.6 Å². The van der Waals surface area contributed by atoms with Crippen LogP contribution in [0.3, 0.4) is 0 Å².